The summed E-state index contributed by atoms with van der Waals surface area (Å²) in [5.74, 6) is 0.00882. The summed E-state index contributed by atoms with van der Waals surface area (Å²) >= 11 is 1.65. The van der Waals surface area contributed by atoms with Crippen molar-refractivity contribution >= 4 is 17.7 Å². The molecule has 0 aromatic heterocycles. The van der Waals surface area contributed by atoms with Gasteiger partial charge in [0.2, 0.25) is 0 Å². The molecule has 0 spiro atoms. The van der Waals surface area contributed by atoms with Gasteiger partial charge in [-0.2, -0.15) is 0 Å². The van der Waals surface area contributed by atoms with E-state index in [1.165, 1.54) is 0 Å². The summed E-state index contributed by atoms with van der Waals surface area (Å²) in [6, 6.07) is 15.4. The van der Waals surface area contributed by atoms with Crippen molar-refractivity contribution in [3.05, 3.63) is 54.1 Å². The summed E-state index contributed by atoms with van der Waals surface area (Å²) in [4.78, 5) is 15.1. The van der Waals surface area contributed by atoms with E-state index in [1.54, 1.807) is 25.8 Å². The van der Waals surface area contributed by atoms with Crippen LogP contribution in [0.25, 0.3) is 0 Å². The largest absolute Gasteiger partial charge is 0.497 e. The second-order valence-corrected chi connectivity index (χ2v) is 6.43. The zero-order valence-corrected chi connectivity index (χ0v) is 14.3. The molecule has 23 heavy (non-hydrogen) atoms. The molecule has 1 N–H and O–H groups in total. The van der Waals surface area contributed by atoms with Gasteiger partial charge in [0.25, 0.3) is 0 Å². The van der Waals surface area contributed by atoms with Crippen LogP contribution in [0.4, 0.5) is 0 Å². The third kappa shape index (κ3) is 4.74. The van der Waals surface area contributed by atoms with E-state index in [1.807, 2.05) is 54.4 Å². The zero-order chi connectivity index (χ0) is 16.8. The molecule has 0 fully saturated rings. The molecule has 0 aliphatic heterocycles. The normalized spacial score (nSPS) is 12.2. The van der Waals surface area contributed by atoms with E-state index < -0.39 is 12.0 Å². The second-order valence-electron chi connectivity index (χ2n) is 5.32. The summed E-state index contributed by atoms with van der Waals surface area (Å²) in [7, 11) is 3.48. The molecule has 0 aliphatic carbocycles. The topological polar surface area (TPSA) is 49.8 Å². The number of hydrogen-bond donors (Lipinski definition) is 1. The Balaban J connectivity index is 2.18. The molecule has 1 atom stereocenters. The minimum absolute atomic E-state index is 0.523. The number of carboxylic acids is 1. The lowest BCUT2D eigenvalue weighted by Crippen LogP contribution is -2.35. The summed E-state index contributed by atoms with van der Waals surface area (Å²) in [5, 5.41) is 9.13. The highest BCUT2D eigenvalue weighted by Gasteiger charge is 2.18. The number of hydrogen-bond acceptors (Lipinski definition) is 4. The van der Waals surface area contributed by atoms with Crippen LogP contribution in [-0.2, 0) is 11.3 Å². The van der Waals surface area contributed by atoms with Crippen LogP contribution in [0, 0.1) is 0 Å². The molecule has 0 amide bonds. The average molecular weight is 331 g/mol. The minimum Gasteiger partial charge on any atom is -0.497 e. The van der Waals surface area contributed by atoms with E-state index in [9.17, 15) is 4.79 Å². The van der Waals surface area contributed by atoms with Gasteiger partial charge in [0.05, 0.1) is 7.11 Å². The predicted octanol–water partition coefficient (Wildman–Crippen LogP) is 3.75. The van der Waals surface area contributed by atoms with Crippen molar-refractivity contribution in [3.63, 3.8) is 0 Å². The fraction of sp³-hybridized carbons (Fsp3) is 0.278. The number of rotatable bonds is 7. The van der Waals surface area contributed by atoms with Gasteiger partial charge in [-0.1, -0.05) is 36.0 Å². The summed E-state index contributed by atoms with van der Waals surface area (Å²) < 4.78 is 5.26. The first-order valence-corrected chi connectivity index (χ1v) is 8.15. The van der Waals surface area contributed by atoms with E-state index in [4.69, 9.17) is 9.84 Å². The van der Waals surface area contributed by atoms with Crippen molar-refractivity contribution in [2.75, 3.05) is 14.2 Å². The zero-order valence-electron chi connectivity index (χ0n) is 13.5. The van der Waals surface area contributed by atoms with Crippen molar-refractivity contribution in [3.8, 4) is 5.75 Å². The summed E-state index contributed by atoms with van der Waals surface area (Å²) in [6.07, 6.45) is 0. The Bertz CT molecular complexity index is 675. The Morgan fingerprint density at radius 3 is 2.70 bits per heavy atom. The highest BCUT2D eigenvalue weighted by molar-refractivity contribution is 7.99. The van der Waals surface area contributed by atoms with Gasteiger partial charge in [0.1, 0.15) is 11.8 Å². The predicted molar refractivity (Wildman–Crippen MR) is 92.1 cm³/mol. The highest BCUT2D eigenvalue weighted by Crippen LogP contribution is 2.32. The molecule has 1 unspecified atom stereocenters. The van der Waals surface area contributed by atoms with Crippen LogP contribution in [0.3, 0.4) is 0 Å². The van der Waals surface area contributed by atoms with Crippen molar-refractivity contribution in [2.45, 2.75) is 29.3 Å². The standard InChI is InChI=1S/C18H21NO3S/c1-13(18(20)21)19(2)12-14-7-4-5-10-17(14)23-16-9-6-8-15(11-16)22-3/h4-11,13H,12H2,1-3H3,(H,20,21). The molecule has 0 saturated carbocycles. The number of nitrogens with zero attached hydrogens (tertiary/aromatic N) is 1. The first-order chi connectivity index (χ1) is 11.0. The molecular weight excluding hydrogens is 310 g/mol. The maximum atomic E-state index is 11.1. The number of aliphatic carboxylic acids is 1. The van der Waals surface area contributed by atoms with Crippen LogP contribution in [0.2, 0.25) is 0 Å². The molecule has 0 saturated heterocycles. The molecule has 0 aliphatic rings. The Morgan fingerprint density at radius 1 is 1.26 bits per heavy atom. The van der Waals surface area contributed by atoms with Crippen LogP contribution in [0.1, 0.15) is 12.5 Å². The fourth-order valence-corrected chi connectivity index (χ4v) is 3.11. The average Bonchev–Trinajstić information content (AvgIpc) is 2.56. The first-order valence-electron chi connectivity index (χ1n) is 7.34. The van der Waals surface area contributed by atoms with Crippen LogP contribution in [0.5, 0.6) is 5.75 Å². The second kappa shape index (κ2) is 8.04. The number of benzene rings is 2. The van der Waals surface area contributed by atoms with Crippen LogP contribution >= 0.6 is 11.8 Å². The molecule has 2 aromatic carbocycles. The van der Waals surface area contributed by atoms with Gasteiger partial charge in [-0.15, -0.1) is 0 Å². The third-order valence-electron chi connectivity index (χ3n) is 3.68. The molecular formula is C18H21NO3S. The first kappa shape index (κ1) is 17.4. The monoisotopic (exact) mass is 331 g/mol. The summed E-state index contributed by atoms with van der Waals surface area (Å²) in [5.41, 5.74) is 1.11. The van der Waals surface area contributed by atoms with Crippen molar-refractivity contribution in [1.29, 1.82) is 0 Å². The van der Waals surface area contributed by atoms with Crippen LogP contribution < -0.4 is 4.74 Å². The molecule has 5 heteroatoms. The van der Waals surface area contributed by atoms with Crippen LogP contribution in [0.15, 0.2) is 58.3 Å². The number of ether oxygens (including phenoxy) is 1. The number of carboxylic acid groups (broad SMARTS) is 1. The Hall–Kier alpha value is -1.98. The van der Waals surface area contributed by atoms with Gasteiger partial charge in [0.15, 0.2) is 0 Å². The molecule has 4 nitrogen and oxygen atoms in total. The Labute approximate surface area is 141 Å². The smallest absolute Gasteiger partial charge is 0.320 e. The van der Waals surface area contributed by atoms with Gasteiger partial charge in [-0.05, 0) is 43.8 Å². The van der Waals surface area contributed by atoms with E-state index in [2.05, 4.69) is 6.07 Å². The molecule has 2 aromatic rings. The third-order valence-corrected chi connectivity index (χ3v) is 4.79. The van der Waals surface area contributed by atoms with Crippen molar-refractivity contribution in [1.82, 2.24) is 4.90 Å². The number of carbonyl (C=O) groups is 1. The van der Waals surface area contributed by atoms with Gasteiger partial charge in [-0.25, -0.2) is 0 Å². The lowest BCUT2D eigenvalue weighted by Gasteiger charge is -2.22. The maximum Gasteiger partial charge on any atom is 0.320 e. The lowest BCUT2D eigenvalue weighted by atomic mass is 10.2. The quantitative estimate of drug-likeness (QED) is 0.837. The molecule has 0 radical (unpaired) electrons. The molecule has 122 valence electrons. The molecule has 2 rings (SSSR count). The van der Waals surface area contributed by atoms with Crippen molar-refractivity contribution in [2.24, 2.45) is 0 Å². The highest BCUT2D eigenvalue weighted by atomic mass is 32.2. The minimum atomic E-state index is -0.814. The van der Waals surface area contributed by atoms with E-state index in [0.29, 0.717) is 6.54 Å². The fourth-order valence-electron chi connectivity index (χ4n) is 2.12. The van der Waals surface area contributed by atoms with E-state index in [0.717, 1.165) is 21.1 Å². The number of likely N-dealkylation sites (N-methyl/N-ethyl adjacent to an activating group) is 1. The Morgan fingerprint density at radius 2 is 2.00 bits per heavy atom. The van der Waals surface area contributed by atoms with Gasteiger partial charge < -0.3 is 9.84 Å². The summed E-state index contributed by atoms with van der Waals surface area (Å²) in [6.45, 7) is 2.28. The molecule has 0 bridgehead atoms. The van der Waals surface area contributed by atoms with Gasteiger partial charge in [0, 0.05) is 16.3 Å². The number of methoxy groups -OCH3 is 1. The van der Waals surface area contributed by atoms with Crippen molar-refractivity contribution < 1.29 is 14.6 Å². The SMILES string of the molecule is COc1cccc(Sc2ccccc2CN(C)C(C)C(=O)O)c1. The van der Waals surface area contributed by atoms with E-state index in [-0.39, 0.29) is 0 Å². The van der Waals surface area contributed by atoms with E-state index >= 15 is 0 Å². The van der Waals surface area contributed by atoms with Gasteiger partial charge >= 0.3 is 5.97 Å². The Kier molecular flexibility index (Phi) is 6.07. The lowest BCUT2D eigenvalue weighted by molar-refractivity contribution is -0.142. The molecule has 0 heterocycles. The maximum absolute atomic E-state index is 11.1. The van der Waals surface area contributed by atoms with Crippen LogP contribution in [-0.4, -0.2) is 36.2 Å². The van der Waals surface area contributed by atoms with Gasteiger partial charge in [-0.3, -0.25) is 9.69 Å².